The first kappa shape index (κ1) is 35.2. The van der Waals surface area contributed by atoms with E-state index in [9.17, 15) is 0 Å². The molecule has 64 heavy (non-hydrogen) atoms. The molecule has 0 aliphatic heterocycles. The van der Waals surface area contributed by atoms with Crippen LogP contribution >= 0.6 is 0 Å². The van der Waals surface area contributed by atoms with Gasteiger partial charge in [-0.3, -0.25) is 0 Å². The third kappa shape index (κ3) is 4.65. The van der Waals surface area contributed by atoms with Gasteiger partial charge in [-0.2, -0.15) is 0 Å². The first-order valence-electron chi connectivity index (χ1n) is 22.2. The van der Waals surface area contributed by atoms with Gasteiger partial charge in [0.1, 0.15) is 0 Å². The van der Waals surface area contributed by atoms with Gasteiger partial charge in [0.05, 0.1) is 44.2 Å². The Hall–Kier alpha value is -8.40. The molecule has 0 fully saturated rings. The molecule has 298 valence electrons. The molecule has 3 heterocycles. The highest BCUT2D eigenvalue weighted by molar-refractivity contribution is 6.16. The van der Waals surface area contributed by atoms with Crippen LogP contribution < -0.4 is 0 Å². The Kier molecular flexibility index (Phi) is 7.32. The number of aromatic nitrogens is 3. The fraction of sp³-hybridized carbons (Fsp3) is 0.0164. The van der Waals surface area contributed by atoms with Crippen molar-refractivity contribution in [3.05, 3.63) is 259 Å². The fourth-order valence-corrected chi connectivity index (χ4v) is 11.6. The van der Waals surface area contributed by atoms with Crippen LogP contribution in [0.3, 0.4) is 0 Å². The van der Waals surface area contributed by atoms with E-state index < -0.39 is 5.41 Å². The van der Waals surface area contributed by atoms with Crippen molar-refractivity contribution in [3.8, 4) is 28.2 Å². The van der Waals surface area contributed by atoms with E-state index in [-0.39, 0.29) is 0 Å². The average Bonchev–Trinajstić information content (AvgIpc) is 4.08. The number of hydrogen-bond donors (Lipinski definition) is 0. The van der Waals surface area contributed by atoms with Crippen LogP contribution in [0.5, 0.6) is 0 Å². The Bertz CT molecular complexity index is 3880. The van der Waals surface area contributed by atoms with Gasteiger partial charge in [0.25, 0.3) is 0 Å². The lowest BCUT2D eigenvalue weighted by molar-refractivity contribution is 0.767. The molecule has 3 heteroatoms. The summed E-state index contributed by atoms with van der Waals surface area (Å²) in [6.45, 7) is 0. The zero-order chi connectivity index (χ0) is 41.9. The van der Waals surface area contributed by atoms with Gasteiger partial charge < -0.3 is 13.7 Å². The third-order valence-corrected chi connectivity index (χ3v) is 14.1. The predicted octanol–water partition coefficient (Wildman–Crippen LogP) is 15.3. The van der Waals surface area contributed by atoms with Crippen molar-refractivity contribution >= 4 is 65.4 Å². The van der Waals surface area contributed by atoms with Crippen LogP contribution in [-0.2, 0) is 5.41 Å². The molecule has 0 spiro atoms. The summed E-state index contributed by atoms with van der Waals surface area (Å²) in [6.07, 6.45) is 0. The second-order valence-corrected chi connectivity index (χ2v) is 17.2. The van der Waals surface area contributed by atoms with Crippen LogP contribution in [0.1, 0.15) is 22.3 Å². The topological polar surface area (TPSA) is 14.8 Å². The lowest BCUT2D eigenvalue weighted by Gasteiger charge is -2.34. The molecular weight excluding hydrogens is 775 g/mol. The van der Waals surface area contributed by atoms with E-state index in [1.54, 1.807) is 0 Å². The van der Waals surface area contributed by atoms with Gasteiger partial charge in [-0.25, -0.2) is 0 Å². The van der Waals surface area contributed by atoms with Crippen molar-refractivity contribution in [2.75, 3.05) is 0 Å². The monoisotopic (exact) mass is 813 g/mol. The molecule has 0 saturated carbocycles. The van der Waals surface area contributed by atoms with Gasteiger partial charge >= 0.3 is 0 Å². The molecule has 10 aromatic carbocycles. The average molecular weight is 814 g/mol. The van der Waals surface area contributed by atoms with Crippen molar-refractivity contribution in [3.63, 3.8) is 0 Å². The maximum atomic E-state index is 2.54. The molecule has 1 aliphatic rings. The minimum Gasteiger partial charge on any atom is -0.309 e. The lowest BCUT2D eigenvalue weighted by atomic mass is 9.67. The number of rotatable bonds is 5. The second-order valence-electron chi connectivity index (χ2n) is 17.2. The van der Waals surface area contributed by atoms with Gasteiger partial charge in [-0.05, 0) is 88.0 Å². The maximum Gasteiger partial charge on any atom is 0.0784 e. The van der Waals surface area contributed by atoms with E-state index in [0.717, 1.165) is 28.1 Å². The Morgan fingerprint density at radius 1 is 0.266 bits per heavy atom. The number of hydrogen-bond acceptors (Lipinski definition) is 0. The summed E-state index contributed by atoms with van der Waals surface area (Å²) in [5, 5.41) is 7.38. The van der Waals surface area contributed by atoms with Gasteiger partial charge in [0.15, 0.2) is 0 Å². The molecule has 0 bridgehead atoms. The molecule has 3 aromatic heterocycles. The summed E-state index contributed by atoms with van der Waals surface area (Å²) in [5.41, 5.74) is 17.6. The van der Waals surface area contributed by atoms with Crippen LogP contribution in [0.2, 0.25) is 0 Å². The third-order valence-electron chi connectivity index (χ3n) is 14.1. The number of fused-ring (bicyclic) bond motifs is 12. The zero-order valence-corrected chi connectivity index (χ0v) is 34.9. The van der Waals surface area contributed by atoms with Crippen molar-refractivity contribution in [2.45, 2.75) is 5.41 Å². The highest BCUT2D eigenvalue weighted by atomic mass is 15.1. The molecule has 0 radical (unpaired) electrons. The minimum atomic E-state index is -0.525. The van der Waals surface area contributed by atoms with Crippen molar-refractivity contribution < 1.29 is 0 Å². The summed E-state index contributed by atoms with van der Waals surface area (Å²) in [6, 6.07) is 87.8. The zero-order valence-electron chi connectivity index (χ0n) is 34.9. The van der Waals surface area contributed by atoms with Crippen LogP contribution in [0.25, 0.3) is 93.6 Å². The molecule has 1 aliphatic carbocycles. The van der Waals surface area contributed by atoms with Crippen molar-refractivity contribution in [1.29, 1.82) is 0 Å². The van der Waals surface area contributed by atoms with E-state index in [0.29, 0.717) is 0 Å². The van der Waals surface area contributed by atoms with Crippen LogP contribution in [0.15, 0.2) is 237 Å². The minimum absolute atomic E-state index is 0.525. The van der Waals surface area contributed by atoms with Crippen LogP contribution in [-0.4, -0.2) is 13.7 Å². The SMILES string of the molecule is c1ccc(C2(c3cccc(-n4c5ccccc5c5cc(-n6c7ccccc7c7ccccc76)cc(-n6c7ccccc7c7ccccc76)c54)c3)c3ccccc3-c3ccccc32)cc1. The quantitative estimate of drug-likeness (QED) is 0.164. The first-order valence-corrected chi connectivity index (χ1v) is 22.2. The van der Waals surface area contributed by atoms with Gasteiger partial charge in [-0.1, -0.05) is 182 Å². The van der Waals surface area contributed by atoms with Crippen molar-refractivity contribution in [1.82, 2.24) is 13.7 Å². The van der Waals surface area contributed by atoms with E-state index in [4.69, 9.17) is 0 Å². The summed E-state index contributed by atoms with van der Waals surface area (Å²) in [4.78, 5) is 0. The molecule has 0 atom stereocenters. The summed E-state index contributed by atoms with van der Waals surface area (Å²) in [7, 11) is 0. The molecule has 3 nitrogen and oxygen atoms in total. The second kappa shape index (κ2) is 13.3. The summed E-state index contributed by atoms with van der Waals surface area (Å²) < 4.78 is 7.51. The standard InChI is InChI=1S/C61H39N3/c1-2-19-40(20-3-1)61(52-30-11-4-23-44(52)45-24-5-12-31-53(45)61)41-21-18-22-42(37-41)63-56-34-15-10-29-50(56)51-38-43(62-54-32-13-6-25-46(54)47-26-7-14-33-55(47)62)39-59(60(51)63)64-57-35-16-8-27-48(57)49-28-9-17-36-58(49)64/h1-39H. The van der Waals surface area contributed by atoms with E-state index in [1.807, 2.05) is 0 Å². The van der Waals surface area contributed by atoms with Gasteiger partial charge in [0, 0.05) is 43.7 Å². The Morgan fingerprint density at radius 3 is 1.23 bits per heavy atom. The molecule has 0 unspecified atom stereocenters. The smallest absolute Gasteiger partial charge is 0.0784 e. The molecule has 0 N–H and O–H groups in total. The predicted molar refractivity (Wildman–Crippen MR) is 267 cm³/mol. The summed E-state index contributed by atoms with van der Waals surface area (Å²) >= 11 is 0. The fourth-order valence-electron chi connectivity index (χ4n) is 11.6. The van der Waals surface area contributed by atoms with E-state index >= 15 is 0 Å². The summed E-state index contributed by atoms with van der Waals surface area (Å²) in [5.74, 6) is 0. The molecule has 0 saturated heterocycles. The lowest BCUT2D eigenvalue weighted by Crippen LogP contribution is -2.28. The Balaban J connectivity index is 1.14. The highest BCUT2D eigenvalue weighted by Crippen LogP contribution is 2.56. The van der Waals surface area contributed by atoms with Crippen molar-refractivity contribution in [2.24, 2.45) is 0 Å². The number of nitrogens with zero attached hydrogens (tertiary/aromatic N) is 3. The van der Waals surface area contributed by atoms with Gasteiger partial charge in [0.2, 0.25) is 0 Å². The molecular formula is C61H39N3. The normalized spacial score (nSPS) is 13.1. The Morgan fingerprint density at radius 2 is 0.688 bits per heavy atom. The first-order chi connectivity index (χ1) is 31.8. The molecule has 13 aromatic rings. The van der Waals surface area contributed by atoms with Gasteiger partial charge in [-0.15, -0.1) is 0 Å². The van der Waals surface area contributed by atoms with Crippen LogP contribution in [0.4, 0.5) is 0 Å². The Labute approximate surface area is 369 Å². The maximum absolute atomic E-state index is 2.54. The molecule has 0 amide bonds. The van der Waals surface area contributed by atoms with E-state index in [1.165, 1.54) is 87.8 Å². The number of benzene rings is 10. The highest BCUT2D eigenvalue weighted by Gasteiger charge is 2.46. The molecule has 14 rings (SSSR count). The van der Waals surface area contributed by atoms with E-state index in [2.05, 4.69) is 250 Å². The number of para-hydroxylation sites is 5. The largest absolute Gasteiger partial charge is 0.309 e. The van der Waals surface area contributed by atoms with Crippen LogP contribution in [0, 0.1) is 0 Å².